The molecule has 1 aliphatic heterocycles. The van der Waals surface area contributed by atoms with Crippen LogP contribution in [0.3, 0.4) is 0 Å². The van der Waals surface area contributed by atoms with Crippen LogP contribution in [0.15, 0.2) is 58.9 Å². The molecule has 0 saturated carbocycles. The Hall–Kier alpha value is -3.09. The van der Waals surface area contributed by atoms with Crippen LogP contribution < -0.4 is 4.74 Å². The van der Waals surface area contributed by atoms with Crippen molar-refractivity contribution >= 4 is 40.7 Å². The fraction of sp³-hybridized carbons (Fsp3) is 0.441. The molecular weight excluding hydrogens is 573 g/mol. The van der Waals surface area contributed by atoms with Crippen LogP contribution in [0.2, 0.25) is 10.0 Å². The maximum absolute atomic E-state index is 13.9. The minimum Gasteiger partial charge on any atom is -0.486 e. The van der Waals surface area contributed by atoms with E-state index in [9.17, 15) is 19.5 Å². The molecule has 222 valence electrons. The van der Waals surface area contributed by atoms with Crippen LogP contribution in [0.1, 0.15) is 82.4 Å². The van der Waals surface area contributed by atoms with E-state index >= 15 is 0 Å². The molecule has 1 N–H and O–H groups in total. The van der Waals surface area contributed by atoms with Crippen molar-refractivity contribution in [1.29, 1.82) is 0 Å². The second kappa shape index (κ2) is 11.2. The van der Waals surface area contributed by atoms with Crippen molar-refractivity contribution in [2.75, 3.05) is 6.54 Å². The molecule has 2 aliphatic carbocycles. The first-order valence-electron chi connectivity index (χ1n) is 14.3. The first-order valence-corrected chi connectivity index (χ1v) is 15.1. The average molecular weight is 611 g/mol. The normalized spacial score (nSPS) is 20.0. The number of aliphatic carboxylic acids is 1. The molecule has 0 bridgehead atoms. The van der Waals surface area contributed by atoms with Crippen LogP contribution in [0.5, 0.6) is 5.75 Å². The SMILES string of the molecule is Cc1ccc(COc2c(Cl)cc(C3C4=C(CC(C)(C)CC4=O)N(CCC(=O)O)C4=C3C(=O)CC(C)(C)C4)cc2Cl)cc1. The summed E-state index contributed by atoms with van der Waals surface area (Å²) in [5.74, 6) is -1.30. The van der Waals surface area contributed by atoms with Crippen LogP contribution in [0, 0.1) is 17.8 Å². The smallest absolute Gasteiger partial charge is 0.305 e. The summed E-state index contributed by atoms with van der Waals surface area (Å²) in [5, 5.41) is 10.2. The predicted octanol–water partition coefficient (Wildman–Crippen LogP) is 8.04. The lowest BCUT2D eigenvalue weighted by Crippen LogP contribution is -2.45. The number of hydrogen-bond acceptors (Lipinski definition) is 5. The van der Waals surface area contributed by atoms with Crippen molar-refractivity contribution < 1.29 is 24.2 Å². The number of ketones is 2. The van der Waals surface area contributed by atoms with Crippen molar-refractivity contribution in [2.45, 2.75) is 79.2 Å². The number of halogens is 2. The van der Waals surface area contributed by atoms with Gasteiger partial charge in [-0.05, 0) is 53.9 Å². The molecule has 0 fully saturated rings. The van der Waals surface area contributed by atoms with Crippen molar-refractivity contribution in [2.24, 2.45) is 10.8 Å². The lowest BCUT2D eigenvalue weighted by Gasteiger charge is -2.49. The predicted molar refractivity (Wildman–Crippen MR) is 164 cm³/mol. The minimum absolute atomic E-state index is 0.0392. The van der Waals surface area contributed by atoms with Gasteiger partial charge in [-0.2, -0.15) is 0 Å². The highest BCUT2D eigenvalue weighted by molar-refractivity contribution is 6.37. The Morgan fingerprint density at radius 2 is 1.40 bits per heavy atom. The summed E-state index contributed by atoms with van der Waals surface area (Å²) in [6.07, 6.45) is 1.74. The standard InChI is InChI=1S/C34H37Cl2NO5/c1-19-6-8-20(9-7-19)18-42-32-22(35)12-21(13-23(32)36)29-30-24(14-33(2,3)16-26(30)38)37(11-10-28(40)41)25-15-34(4,5)17-27(39)31(25)29/h6-9,12-13,29H,10-11,14-18H2,1-5H3,(H,40,41). The number of benzene rings is 2. The molecule has 6 nitrogen and oxygen atoms in total. The van der Waals surface area contributed by atoms with Gasteiger partial charge in [0.15, 0.2) is 17.3 Å². The number of allylic oxidation sites excluding steroid dienone is 4. The molecule has 0 aromatic heterocycles. The van der Waals surface area contributed by atoms with Crippen LogP contribution >= 0.6 is 23.2 Å². The molecule has 2 aromatic rings. The number of ether oxygens (including phenoxy) is 1. The molecule has 0 unspecified atom stereocenters. The first-order chi connectivity index (χ1) is 19.7. The summed E-state index contributed by atoms with van der Waals surface area (Å²) in [5.41, 5.74) is 4.87. The van der Waals surface area contributed by atoms with Gasteiger partial charge in [0, 0.05) is 47.8 Å². The molecule has 0 amide bonds. The number of carbonyl (C=O) groups is 3. The van der Waals surface area contributed by atoms with E-state index in [1.165, 1.54) is 0 Å². The Labute approximate surface area is 257 Å². The molecule has 0 atom stereocenters. The highest BCUT2D eigenvalue weighted by atomic mass is 35.5. The Morgan fingerprint density at radius 1 is 0.905 bits per heavy atom. The summed E-state index contributed by atoms with van der Waals surface area (Å²) < 4.78 is 6.03. The van der Waals surface area contributed by atoms with Crippen molar-refractivity contribution in [3.8, 4) is 5.75 Å². The maximum Gasteiger partial charge on any atom is 0.305 e. The van der Waals surface area contributed by atoms with Gasteiger partial charge in [-0.3, -0.25) is 14.4 Å². The van der Waals surface area contributed by atoms with E-state index in [2.05, 4.69) is 0 Å². The lowest BCUT2D eigenvalue weighted by atomic mass is 9.63. The number of hydrogen-bond donors (Lipinski definition) is 1. The van der Waals surface area contributed by atoms with Crippen LogP contribution in [0.4, 0.5) is 0 Å². The van der Waals surface area contributed by atoms with E-state index in [1.54, 1.807) is 12.1 Å². The number of carbonyl (C=O) groups excluding carboxylic acids is 2. The molecular formula is C34H37Cl2NO5. The Balaban J connectivity index is 1.63. The minimum atomic E-state index is -0.927. The van der Waals surface area contributed by atoms with E-state index < -0.39 is 11.9 Å². The van der Waals surface area contributed by atoms with Crippen LogP contribution in [0.25, 0.3) is 0 Å². The van der Waals surface area contributed by atoms with Gasteiger partial charge in [0.1, 0.15) is 6.61 Å². The molecule has 1 heterocycles. The number of nitrogens with zero attached hydrogens (tertiary/aromatic N) is 1. The zero-order chi connectivity index (χ0) is 30.6. The molecule has 8 heteroatoms. The largest absolute Gasteiger partial charge is 0.486 e. The Morgan fingerprint density at radius 3 is 1.88 bits per heavy atom. The third-order valence-electron chi connectivity index (χ3n) is 8.43. The fourth-order valence-electron chi connectivity index (χ4n) is 6.58. The molecule has 2 aromatic carbocycles. The summed E-state index contributed by atoms with van der Waals surface area (Å²) in [6, 6.07) is 11.5. The molecule has 0 saturated heterocycles. The number of carboxylic acids is 1. The zero-order valence-electron chi connectivity index (χ0n) is 24.8. The van der Waals surface area contributed by atoms with E-state index in [1.807, 2.05) is 63.8 Å². The van der Waals surface area contributed by atoms with Crippen LogP contribution in [-0.4, -0.2) is 34.1 Å². The van der Waals surface area contributed by atoms with Gasteiger partial charge in [-0.25, -0.2) is 0 Å². The highest BCUT2D eigenvalue weighted by Crippen LogP contribution is 2.55. The average Bonchev–Trinajstić information content (AvgIpc) is 2.86. The molecule has 0 radical (unpaired) electrons. The van der Waals surface area contributed by atoms with Gasteiger partial charge in [0.2, 0.25) is 0 Å². The van der Waals surface area contributed by atoms with Crippen LogP contribution in [-0.2, 0) is 21.0 Å². The van der Waals surface area contributed by atoms with E-state index in [-0.39, 0.29) is 42.0 Å². The van der Waals surface area contributed by atoms with Gasteiger partial charge in [-0.15, -0.1) is 0 Å². The van der Waals surface area contributed by atoms with Crippen molar-refractivity contribution in [3.05, 3.63) is 85.7 Å². The number of Topliss-reactive ketones (excluding diaryl/α,β-unsaturated/α-hetero) is 2. The Bertz CT molecular complexity index is 1460. The quantitative estimate of drug-likeness (QED) is 0.342. The van der Waals surface area contributed by atoms with Gasteiger partial charge < -0.3 is 14.7 Å². The summed E-state index contributed by atoms with van der Waals surface area (Å²) in [4.78, 5) is 41.5. The second-order valence-electron chi connectivity index (χ2n) is 13.4. The maximum atomic E-state index is 13.9. The fourth-order valence-corrected chi connectivity index (χ4v) is 7.20. The highest BCUT2D eigenvalue weighted by Gasteiger charge is 2.49. The third kappa shape index (κ3) is 6.02. The summed E-state index contributed by atoms with van der Waals surface area (Å²) in [6.45, 7) is 10.7. The van der Waals surface area contributed by atoms with E-state index in [4.69, 9.17) is 27.9 Å². The number of rotatable bonds is 7. The van der Waals surface area contributed by atoms with E-state index in [0.717, 1.165) is 22.5 Å². The zero-order valence-corrected chi connectivity index (χ0v) is 26.3. The molecule has 5 rings (SSSR count). The lowest BCUT2D eigenvalue weighted by molar-refractivity contribution is -0.137. The molecule has 3 aliphatic rings. The van der Waals surface area contributed by atoms with Gasteiger partial charge in [0.25, 0.3) is 0 Å². The number of carboxylic acid groups (broad SMARTS) is 1. The second-order valence-corrected chi connectivity index (χ2v) is 14.2. The summed E-state index contributed by atoms with van der Waals surface area (Å²) in [7, 11) is 0. The Kier molecular flexibility index (Phi) is 8.10. The monoisotopic (exact) mass is 609 g/mol. The first kappa shape index (κ1) is 30.4. The van der Waals surface area contributed by atoms with E-state index in [0.29, 0.717) is 58.2 Å². The topological polar surface area (TPSA) is 83.9 Å². The van der Waals surface area contributed by atoms with Gasteiger partial charge in [-0.1, -0.05) is 80.7 Å². The number of aryl methyl sites for hydroxylation is 1. The van der Waals surface area contributed by atoms with Gasteiger partial charge >= 0.3 is 5.97 Å². The van der Waals surface area contributed by atoms with Crippen molar-refractivity contribution in [1.82, 2.24) is 4.90 Å². The van der Waals surface area contributed by atoms with Gasteiger partial charge in [0.05, 0.1) is 16.5 Å². The third-order valence-corrected chi connectivity index (χ3v) is 8.99. The molecule has 0 spiro atoms. The summed E-state index contributed by atoms with van der Waals surface area (Å²) >= 11 is 13.6. The van der Waals surface area contributed by atoms with Crippen molar-refractivity contribution in [3.63, 3.8) is 0 Å². The molecule has 42 heavy (non-hydrogen) atoms.